The third kappa shape index (κ3) is 3.01. The molecule has 1 aromatic rings. The lowest BCUT2D eigenvalue weighted by molar-refractivity contribution is 0.602. The molecule has 1 rings (SSSR count). The molecule has 0 aliphatic carbocycles. The summed E-state index contributed by atoms with van der Waals surface area (Å²) in [6.07, 6.45) is 4.96. The quantitative estimate of drug-likeness (QED) is 0.637. The van der Waals surface area contributed by atoms with Gasteiger partial charge in [0.05, 0.1) is 24.3 Å². The van der Waals surface area contributed by atoms with E-state index in [9.17, 15) is 0 Å². The van der Waals surface area contributed by atoms with Crippen LogP contribution in [0.1, 0.15) is 25.3 Å². The standard InChI is InChI=1S/C10H11N3/c1-2-7-13-9-10(8-12-13)5-3-4-6-11/h8-9H,2,4,7H2,1H3. The maximum Gasteiger partial charge on any atom is 0.0966 e. The lowest BCUT2D eigenvalue weighted by Gasteiger charge is -1.93. The van der Waals surface area contributed by atoms with Gasteiger partial charge in [-0.1, -0.05) is 18.8 Å². The van der Waals surface area contributed by atoms with Gasteiger partial charge in [-0.05, 0) is 6.42 Å². The van der Waals surface area contributed by atoms with Crippen molar-refractivity contribution in [3.63, 3.8) is 0 Å². The molecule has 0 aliphatic heterocycles. The number of nitriles is 1. The molecule has 0 N–H and O–H groups in total. The van der Waals surface area contributed by atoms with E-state index in [0.29, 0.717) is 0 Å². The second-order valence-corrected chi connectivity index (χ2v) is 2.63. The van der Waals surface area contributed by atoms with Crippen LogP contribution in [0.3, 0.4) is 0 Å². The van der Waals surface area contributed by atoms with Crippen LogP contribution in [0.5, 0.6) is 0 Å². The predicted molar refractivity (Wildman–Crippen MR) is 49.6 cm³/mol. The van der Waals surface area contributed by atoms with Gasteiger partial charge in [0.1, 0.15) is 0 Å². The summed E-state index contributed by atoms with van der Waals surface area (Å²) >= 11 is 0. The number of rotatable bonds is 2. The maximum atomic E-state index is 8.26. The van der Waals surface area contributed by atoms with Crippen molar-refractivity contribution in [2.45, 2.75) is 26.3 Å². The molecule has 13 heavy (non-hydrogen) atoms. The highest BCUT2D eigenvalue weighted by atomic mass is 15.3. The summed E-state index contributed by atoms with van der Waals surface area (Å²) in [5, 5.41) is 12.4. The molecule has 0 saturated heterocycles. The van der Waals surface area contributed by atoms with Gasteiger partial charge in [-0.15, -0.1) is 0 Å². The zero-order valence-electron chi connectivity index (χ0n) is 7.62. The molecule has 0 unspecified atom stereocenters. The molecule has 0 fully saturated rings. The van der Waals surface area contributed by atoms with Crippen LogP contribution in [0, 0.1) is 23.2 Å². The molecule has 0 radical (unpaired) electrons. The van der Waals surface area contributed by atoms with Crippen molar-refractivity contribution in [2.24, 2.45) is 0 Å². The Hall–Kier alpha value is -1.74. The molecule has 66 valence electrons. The molecule has 0 aliphatic rings. The first-order valence-corrected chi connectivity index (χ1v) is 4.25. The van der Waals surface area contributed by atoms with Gasteiger partial charge in [0.15, 0.2) is 0 Å². The second kappa shape index (κ2) is 5.00. The van der Waals surface area contributed by atoms with Gasteiger partial charge < -0.3 is 0 Å². The monoisotopic (exact) mass is 173 g/mol. The Morgan fingerprint density at radius 1 is 1.62 bits per heavy atom. The van der Waals surface area contributed by atoms with Crippen LogP contribution in [0.25, 0.3) is 0 Å². The predicted octanol–water partition coefficient (Wildman–Crippen LogP) is 1.56. The van der Waals surface area contributed by atoms with Gasteiger partial charge in [0.25, 0.3) is 0 Å². The van der Waals surface area contributed by atoms with Crippen LogP contribution in [-0.4, -0.2) is 9.78 Å². The molecular weight excluding hydrogens is 162 g/mol. The van der Waals surface area contributed by atoms with Crippen LogP contribution in [0.4, 0.5) is 0 Å². The molecule has 0 amide bonds. The van der Waals surface area contributed by atoms with Gasteiger partial charge in [-0.25, -0.2) is 0 Å². The molecule has 3 heteroatoms. The van der Waals surface area contributed by atoms with Crippen molar-refractivity contribution in [1.29, 1.82) is 5.26 Å². The lowest BCUT2D eigenvalue weighted by Crippen LogP contribution is -1.95. The normalized spacial score (nSPS) is 8.62. The first kappa shape index (κ1) is 9.35. The van der Waals surface area contributed by atoms with Gasteiger partial charge in [0, 0.05) is 12.7 Å². The smallest absolute Gasteiger partial charge is 0.0966 e. The van der Waals surface area contributed by atoms with Gasteiger partial charge in [0.2, 0.25) is 0 Å². The highest BCUT2D eigenvalue weighted by molar-refractivity contribution is 5.30. The molecule has 3 nitrogen and oxygen atoms in total. The van der Waals surface area contributed by atoms with Crippen molar-refractivity contribution in [1.82, 2.24) is 9.78 Å². The number of hydrogen-bond acceptors (Lipinski definition) is 2. The van der Waals surface area contributed by atoms with Crippen molar-refractivity contribution < 1.29 is 0 Å². The SMILES string of the molecule is CCCn1cc(C#CCC#N)cn1. The average molecular weight is 173 g/mol. The number of aryl methyl sites for hydroxylation is 1. The molecule has 0 aromatic carbocycles. The summed E-state index contributed by atoms with van der Waals surface area (Å²) in [5.74, 6) is 5.61. The highest BCUT2D eigenvalue weighted by Crippen LogP contribution is 1.96. The summed E-state index contributed by atoms with van der Waals surface area (Å²) in [6, 6.07) is 1.97. The largest absolute Gasteiger partial charge is 0.271 e. The summed E-state index contributed by atoms with van der Waals surface area (Å²) < 4.78 is 1.86. The Labute approximate surface area is 78.0 Å². The van der Waals surface area contributed by atoms with Crippen molar-refractivity contribution in [3.8, 4) is 17.9 Å². The van der Waals surface area contributed by atoms with Crippen LogP contribution in [-0.2, 0) is 6.54 Å². The molecule has 1 heterocycles. The van der Waals surface area contributed by atoms with E-state index in [2.05, 4.69) is 23.9 Å². The van der Waals surface area contributed by atoms with Crippen LogP contribution in [0.15, 0.2) is 12.4 Å². The van der Waals surface area contributed by atoms with Crippen molar-refractivity contribution in [2.75, 3.05) is 0 Å². The first-order valence-electron chi connectivity index (χ1n) is 4.25. The van der Waals surface area contributed by atoms with E-state index in [1.165, 1.54) is 0 Å². The van der Waals surface area contributed by atoms with Gasteiger partial charge >= 0.3 is 0 Å². The molecule has 0 atom stereocenters. The fourth-order valence-electron chi connectivity index (χ4n) is 0.965. The van der Waals surface area contributed by atoms with E-state index in [4.69, 9.17) is 5.26 Å². The Morgan fingerprint density at radius 3 is 3.15 bits per heavy atom. The summed E-state index contributed by atoms with van der Waals surface area (Å²) in [5.41, 5.74) is 0.878. The van der Waals surface area contributed by atoms with E-state index < -0.39 is 0 Å². The average Bonchev–Trinajstić information content (AvgIpc) is 2.54. The molecule has 1 aromatic heterocycles. The number of aromatic nitrogens is 2. The topological polar surface area (TPSA) is 41.6 Å². The van der Waals surface area contributed by atoms with Gasteiger partial charge in [-0.2, -0.15) is 10.4 Å². The van der Waals surface area contributed by atoms with Crippen LogP contribution >= 0.6 is 0 Å². The maximum absolute atomic E-state index is 8.26. The Bertz CT molecular complexity index is 360. The van der Waals surface area contributed by atoms with Gasteiger partial charge in [-0.3, -0.25) is 4.68 Å². The summed E-state index contributed by atoms with van der Waals surface area (Å²) in [4.78, 5) is 0. The van der Waals surface area contributed by atoms with E-state index in [-0.39, 0.29) is 6.42 Å². The third-order valence-electron chi connectivity index (χ3n) is 1.49. The minimum Gasteiger partial charge on any atom is -0.271 e. The van der Waals surface area contributed by atoms with E-state index in [0.717, 1.165) is 18.5 Å². The Morgan fingerprint density at radius 2 is 2.46 bits per heavy atom. The van der Waals surface area contributed by atoms with Crippen molar-refractivity contribution >= 4 is 0 Å². The van der Waals surface area contributed by atoms with E-state index in [1.807, 2.05) is 16.9 Å². The lowest BCUT2D eigenvalue weighted by atomic mass is 10.3. The summed E-state index contributed by atoms with van der Waals surface area (Å²) in [7, 11) is 0. The van der Waals surface area contributed by atoms with Crippen LogP contribution in [0.2, 0.25) is 0 Å². The fraction of sp³-hybridized carbons (Fsp3) is 0.400. The minimum absolute atomic E-state index is 0.277. The Balaban J connectivity index is 2.61. The van der Waals surface area contributed by atoms with Crippen molar-refractivity contribution in [3.05, 3.63) is 18.0 Å². The molecule has 0 saturated carbocycles. The van der Waals surface area contributed by atoms with Crippen LogP contribution < -0.4 is 0 Å². The third-order valence-corrected chi connectivity index (χ3v) is 1.49. The fourth-order valence-corrected chi connectivity index (χ4v) is 0.965. The van der Waals surface area contributed by atoms with E-state index in [1.54, 1.807) is 6.20 Å². The zero-order valence-corrected chi connectivity index (χ0v) is 7.62. The molecule has 0 spiro atoms. The Kier molecular flexibility index (Phi) is 3.60. The molecular formula is C10H11N3. The molecule has 0 bridgehead atoms. The van der Waals surface area contributed by atoms with E-state index >= 15 is 0 Å². The number of hydrogen-bond donors (Lipinski definition) is 0. The summed E-state index contributed by atoms with van der Waals surface area (Å²) in [6.45, 7) is 3.02. The zero-order chi connectivity index (χ0) is 9.52. The highest BCUT2D eigenvalue weighted by Gasteiger charge is 1.92. The number of nitrogens with zero attached hydrogens (tertiary/aromatic N) is 3. The minimum atomic E-state index is 0.277. The second-order valence-electron chi connectivity index (χ2n) is 2.63. The first-order chi connectivity index (χ1) is 6.36.